The van der Waals surface area contributed by atoms with Crippen LogP contribution in [-0.4, -0.2) is 4.98 Å². The predicted molar refractivity (Wildman–Crippen MR) is 78.0 cm³/mol. The van der Waals surface area contributed by atoms with Gasteiger partial charge in [-0.2, -0.15) is 0 Å². The maximum Gasteiger partial charge on any atom is 0.0921 e. The fraction of sp³-hybridized carbons (Fsp3) is 0.250. The van der Waals surface area contributed by atoms with E-state index in [1.165, 1.54) is 0 Å². The Morgan fingerprint density at radius 1 is 1.12 bits per heavy atom. The minimum atomic E-state index is 0. The SMILES string of the molecule is CCCc1cc(Cl)c2ccc(Cl)c(Cl)c2n1.Cl. The van der Waals surface area contributed by atoms with Crippen LogP contribution >= 0.6 is 47.2 Å². The zero-order valence-electron chi connectivity index (χ0n) is 9.14. The summed E-state index contributed by atoms with van der Waals surface area (Å²) >= 11 is 18.3. The van der Waals surface area contributed by atoms with Crippen molar-refractivity contribution >= 4 is 58.1 Å². The molecule has 0 spiro atoms. The molecule has 1 aromatic heterocycles. The van der Waals surface area contributed by atoms with Gasteiger partial charge in [-0.1, -0.05) is 48.1 Å². The molecule has 2 aromatic rings. The second-order valence-corrected chi connectivity index (χ2v) is 4.80. The van der Waals surface area contributed by atoms with Crippen LogP contribution in [0, 0.1) is 0 Å². The highest BCUT2D eigenvalue weighted by Gasteiger charge is 2.09. The second-order valence-electron chi connectivity index (χ2n) is 3.60. The molecule has 0 N–H and O–H groups in total. The van der Waals surface area contributed by atoms with Crippen LogP contribution in [0.2, 0.25) is 15.1 Å². The Kier molecular flexibility index (Phi) is 5.33. The molecule has 1 nitrogen and oxygen atoms in total. The fourth-order valence-corrected chi connectivity index (χ4v) is 2.26. The van der Waals surface area contributed by atoms with Gasteiger partial charge in [0.05, 0.1) is 20.6 Å². The molecule has 1 heterocycles. The Bertz CT molecular complexity index is 540. The van der Waals surface area contributed by atoms with E-state index in [4.69, 9.17) is 34.8 Å². The minimum absolute atomic E-state index is 0. The molecule has 0 aliphatic rings. The van der Waals surface area contributed by atoms with Crippen LogP contribution in [0.4, 0.5) is 0 Å². The maximum atomic E-state index is 6.18. The molecule has 0 unspecified atom stereocenters. The van der Waals surface area contributed by atoms with E-state index in [1.807, 2.05) is 12.1 Å². The smallest absolute Gasteiger partial charge is 0.0921 e. The Labute approximate surface area is 121 Å². The molecule has 0 amide bonds. The third-order valence-electron chi connectivity index (χ3n) is 2.38. The van der Waals surface area contributed by atoms with Crippen molar-refractivity contribution in [2.45, 2.75) is 19.8 Å². The first-order valence-electron chi connectivity index (χ1n) is 5.06. The number of benzene rings is 1. The number of halogens is 4. The Morgan fingerprint density at radius 2 is 1.82 bits per heavy atom. The summed E-state index contributed by atoms with van der Waals surface area (Å²) in [5.41, 5.74) is 1.63. The van der Waals surface area contributed by atoms with Crippen molar-refractivity contribution < 1.29 is 0 Å². The molecule has 0 atom stereocenters. The van der Waals surface area contributed by atoms with Gasteiger partial charge in [0.1, 0.15) is 0 Å². The van der Waals surface area contributed by atoms with Gasteiger partial charge >= 0.3 is 0 Å². The summed E-state index contributed by atoms with van der Waals surface area (Å²) in [7, 11) is 0. The zero-order chi connectivity index (χ0) is 11.7. The normalized spacial score (nSPS) is 10.4. The van der Waals surface area contributed by atoms with Crippen LogP contribution in [0.5, 0.6) is 0 Å². The van der Waals surface area contributed by atoms with Gasteiger partial charge in [-0.05, 0) is 24.6 Å². The van der Waals surface area contributed by atoms with Crippen molar-refractivity contribution in [1.82, 2.24) is 4.98 Å². The first kappa shape index (κ1) is 14.8. The predicted octanol–water partition coefficient (Wildman–Crippen LogP) is 5.57. The summed E-state index contributed by atoms with van der Waals surface area (Å²) in [6.45, 7) is 2.10. The van der Waals surface area contributed by atoms with Crippen molar-refractivity contribution in [2.75, 3.05) is 0 Å². The van der Waals surface area contributed by atoms with Gasteiger partial charge in [-0.3, -0.25) is 4.98 Å². The molecule has 0 saturated carbocycles. The third-order valence-corrected chi connectivity index (χ3v) is 3.49. The number of nitrogens with zero attached hydrogens (tertiary/aromatic N) is 1. The monoisotopic (exact) mass is 309 g/mol. The largest absolute Gasteiger partial charge is 0.251 e. The number of fused-ring (bicyclic) bond motifs is 1. The molecule has 0 bridgehead atoms. The van der Waals surface area contributed by atoms with E-state index in [0.29, 0.717) is 20.6 Å². The Morgan fingerprint density at radius 3 is 2.47 bits per heavy atom. The molecule has 0 fully saturated rings. The van der Waals surface area contributed by atoms with Gasteiger partial charge in [0.25, 0.3) is 0 Å². The van der Waals surface area contributed by atoms with E-state index in [1.54, 1.807) is 6.07 Å². The molecule has 0 aliphatic heterocycles. The van der Waals surface area contributed by atoms with Crippen molar-refractivity contribution in [3.8, 4) is 0 Å². The van der Waals surface area contributed by atoms with E-state index < -0.39 is 0 Å². The average Bonchev–Trinajstić information content (AvgIpc) is 2.25. The summed E-state index contributed by atoms with van der Waals surface area (Å²) in [6.07, 6.45) is 1.91. The lowest BCUT2D eigenvalue weighted by molar-refractivity contribution is 0.890. The minimum Gasteiger partial charge on any atom is -0.251 e. The highest BCUT2D eigenvalue weighted by atomic mass is 35.5. The quantitative estimate of drug-likeness (QED) is 0.706. The molecule has 0 radical (unpaired) electrons. The Hall–Kier alpha value is -0.210. The molecule has 17 heavy (non-hydrogen) atoms. The average molecular weight is 311 g/mol. The second kappa shape index (κ2) is 6.10. The van der Waals surface area contributed by atoms with Crippen LogP contribution in [0.3, 0.4) is 0 Å². The van der Waals surface area contributed by atoms with Crippen molar-refractivity contribution in [2.24, 2.45) is 0 Å². The van der Waals surface area contributed by atoms with Gasteiger partial charge in [0.15, 0.2) is 0 Å². The number of rotatable bonds is 2. The Balaban J connectivity index is 0.00000144. The molecular formula is C12H11Cl4N. The van der Waals surface area contributed by atoms with Crippen molar-refractivity contribution in [3.05, 3.63) is 39.0 Å². The molecule has 0 saturated heterocycles. The van der Waals surface area contributed by atoms with Gasteiger partial charge < -0.3 is 0 Å². The molecule has 1 aromatic carbocycles. The van der Waals surface area contributed by atoms with E-state index in [0.717, 1.165) is 23.9 Å². The number of hydrogen-bond acceptors (Lipinski definition) is 1. The van der Waals surface area contributed by atoms with Crippen molar-refractivity contribution in [1.29, 1.82) is 0 Å². The molecular weight excluding hydrogens is 300 g/mol. The summed E-state index contributed by atoms with van der Waals surface area (Å²) in [5.74, 6) is 0. The van der Waals surface area contributed by atoms with E-state index in [-0.39, 0.29) is 12.4 Å². The van der Waals surface area contributed by atoms with E-state index in [2.05, 4.69) is 11.9 Å². The lowest BCUT2D eigenvalue weighted by Crippen LogP contribution is -1.91. The maximum absolute atomic E-state index is 6.18. The summed E-state index contributed by atoms with van der Waals surface area (Å²) < 4.78 is 0. The van der Waals surface area contributed by atoms with Crippen LogP contribution < -0.4 is 0 Å². The highest BCUT2D eigenvalue weighted by molar-refractivity contribution is 6.46. The van der Waals surface area contributed by atoms with Gasteiger partial charge in [0.2, 0.25) is 0 Å². The highest BCUT2D eigenvalue weighted by Crippen LogP contribution is 2.33. The molecule has 0 aliphatic carbocycles. The van der Waals surface area contributed by atoms with Crippen LogP contribution in [0.1, 0.15) is 19.0 Å². The number of hydrogen-bond donors (Lipinski definition) is 0. The standard InChI is InChI=1S/C12H10Cl3N.ClH/c1-2-3-7-6-10(14)8-4-5-9(13)11(15)12(8)16-7;/h4-6H,2-3H2,1H3;1H. The van der Waals surface area contributed by atoms with E-state index >= 15 is 0 Å². The van der Waals surface area contributed by atoms with Gasteiger partial charge in [-0.15, -0.1) is 12.4 Å². The van der Waals surface area contributed by atoms with E-state index in [9.17, 15) is 0 Å². The van der Waals surface area contributed by atoms with Crippen LogP contribution in [0.15, 0.2) is 18.2 Å². The first-order valence-corrected chi connectivity index (χ1v) is 6.20. The van der Waals surface area contributed by atoms with Gasteiger partial charge in [-0.25, -0.2) is 0 Å². The number of aryl methyl sites for hydroxylation is 1. The lowest BCUT2D eigenvalue weighted by atomic mass is 10.1. The third kappa shape index (κ3) is 2.97. The topological polar surface area (TPSA) is 12.9 Å². The number of aromatic nitrogens is 1. The summed E-state index contributed by atoms with van der Waals surface area (Å²) in [6, 6.07) is 5.46. The molecule has 2 rings (SSSR count). The summed E-state index contributed by atoms with van der Waals surface area (Å²) in [4.78, 5) is 4.49. The van der Waals surface area contributed by atoms with Crippen LogP contribution in [-0.2, 0) is 6.42 Å². The molecule has 92 valence electrons. The summed E-state index contributed by atoms with van der Waals surface area (Å²) in [5, 5.41) is 2.49. The van der Waals surface area contributed by atoms with Crippen LogP contribution in [0.25, 0.3) is 10.9 Å². The number of pyridine rings is 1. The lowest BCUT2D eigenvalue weighted by Gasteiger charge is -2.06. The van der Waals surface area contributed by atoms with Crippen molar-refractivity contribution in [3.63, 3.8) is 0 Å². The van der Waals surface area contributed by atoms with Gasteiger partial charge in [0, 0.05) is 11.1 Å². The first-order chi connectivity index (χ1) is 7.63. The fourth-order valence-electron chi connectivity index (χ4n) is 1.63. The zero-order valence-corrected chi connectivity index (χ0v) is 12.2. The molecule has 5 heteroatoms.